The van der Waals surface area contributed by atoms with Crippen molar-refractivity contribution >= 4 is 11.9 Å². The molecule has 0 saturated heterocycles. The number of amides is 1. The average Bonchev–Trinajstić information content (AvgIpc) is 2.42. The highest BCUT2D eigenvalue weighted by atomic mass is 16.5. The van der Waals surface area contributed by atoms with Gasteiger partial charge in [0.1, 0.15) is 11.6 Å². The Hall–Kier alpha value is -2.11. The van der Waals surface area contributed by atoms with Crippen LogP contribution in [-0.4, -0.2) is 35.1 Å². The van der Waals surface area contributed by atoms with Crippen LogP contribution in [0.5, 0.6) is 5.88 Å². The summed E-state index contributed by atoms with van der Waals surface area (Å²) in [6, 6.07) is 2.25. The molecule has 0 bridgehead atoms. The van der Waals surface area contributed by atoms with Crippen LogP contribution >= 0.6 is 0 Å². The van der Waals surface area contributed by atoms with Crippen molar-refractivity contribution in [2.24, 2.45) is 0 Å². The molecule has 1 heterocycles. The molecule has 6 heteroatoms. The van der Waals surface area contributed by atoms with E-state index < -0.39 is 17.9 Å². The second kappa shape index (κ2) is 7.35. The molecule has 6 nitrogen and oxygen atoms in total. The number of carbonyl (C=O) groups is 2. The van der Waals surface area contributed by atoms with Gasteiger partial charge in [0.15, 0.2) is 0 Å². The van der Waals surface area contributed by atoms with Gasteiger partial charge in [-0.3, -0.25) is 4.79 Å². The van der Waals surface area contributed by atoms with E-state index in [0.717, 1.165) is 12.8 Å². The Bertz CT molecular complexity index is 448. The minimum absolute atomic E-state index is 0.180. The summed E-state index contributed by atoms with van der Waals surface area (Å²) in [6.45, 7) is 1.96. The fraction of sp³-hybridized carbons (Fsp3) is 0.462. The molecule has 2 N–H and O–H groups in total. The summed E-state index contributed by atoms with van der Waals surface area (Å²) < 4.78 is 4.97. The van der Waals surface area contributed by atoms with Gasteiger partial charge in [-0.1, -0.05) is 19.8 Å². The molecule has 0 aliphatic rings. The molecule has 0 saturated carbocycles. The van der Waals surface area contributed by atoms with E-state index in [1.54, 1.807) is 12.1 Å². The van der Waals surface area contributed by atoms with Crippen molar-refractivity contribution < 1.29 is 19.4 Å². The predicted molar refractivity (Wildman–Crippen MR) is 69.2 cm³/mol. The third-order valence-electron chi connectivity index (χ3n) is 2.66. The van der Waals surface area contributed by atoms with Crippen molar-refractivity contribution in [3.05, 3.63) is 23.9 Å². The van der Waals surface area contributed by atoms with Gasteiger partial charge >= 0.3 is 5.97 Å². The molecule has 0 radical (unpaired) electrons. The lowest BCUT2D eigenvalue weighted by Crippen LogP contribution is -2.40. The number of rotatable bonds is 7. The van der Waals surface area contributed by atoms with Crippen LogP contribution < -0.4 is 10.1 Å². The number of hydrogen-bond donors (Lipinski definition) is 2. The van der Waals surface area contributed by atoms with Gasteiger partial charge in [0.25, 0.3) is 5.91 Å². The third-order valence-corrected chi connectivity index (χ3v) is 2.66. The summed E-state index contributed by atoms with van der Waals surface area (Å²) in [5.74, 6) is -1.35. The van der Waals surface area contributed by atoms with E-state index in [4.69, 9.17) is 9.84 Å². The van der Waals surface area contributed by atoms with Gasteiger partial charge in [-0.25, -0.2) is 9.78 Å². The molecule has 19 heavy (non-hydrogen) atoms. The molecule has 1 aromatic heterocycles. The van der Waals surface area contributed by atoms with E-state index in [-0.39, 0.29) is 11.4 Å². The normalized spacial score (nSPS) is 11.7. The summed E-state index contributed by atoms with van der Waals surface area (Å²) in [4.78, 5) is 27.0. The minimum atomic E-state index is -1.04. The lowest BCUT2D eigenvalue weighted by atomic mass is 10.1. The van der Waals surface area contributed by atoms with Crippen LogP contribution in [0.2, 0.25) is 0 Å². The standard InChI is InChI=1S/C13H18N2O4/c1-3-4-7-10(13(17)18)15-11(16)9-6-5-8-14-12(9)19-2/h5-6,8,10H,3-4,7H2,1-2H3,(H,15,16)(H,17,18)/t10-/m0/s1. The van der Waals surface area contributed by atoms with Crippen molar-refractivity contribution in [2.75, 3.05) is 7.11 Å². The molecule has 104 valence electrons. The SMILES string of the molecule is CCCC[C@H](NC(=O)c1cccnc1OC)C(=O)O. The van der Waals surface area contributed by atoms with E-state index in [1.165, 1.54) is 13.3 Å². The van der Waals surface area contributed by atoms with Gasteiger partial charge in [-0.2, -0.15) is 0 Å². The summed E-state index contributed by atoms with van der Waals surface area (Å²) >= 11 is 0. The third kappa shape index (κ3) is 4.24. The molecule has 1 amide bonds. The number of unbranched alkanes of at least 4 members (excludes halogenated alkanes) is 1. The largest absolute Gasteiger partial charge is 0.480 e. The summed E-state index contributed by atoms with van der Waals surface area (Å²) in [6.07, 6.45) is 3.51. The molecule has 0 unspecified atom stereocenters. The van der Waals surface area contributed by atoms with Crippen molar-refractivity contribution in [2.45, 2.75) is 32.2 Å². The van der Waals surface area contributed by atoms with E-state index >= 15 is 0 Å². The lowest BCUT2D eigenvalue weighted by Gasteiger charge is -2.14. The number of methoxy groups -OCH3 is 1. The van der Waals surface area contributed by atoms with Crippen molar-refractivity contribution in [1.82, 2.24) is 10.3 Å². The number of pyridine rings is 1. The molecule has 1 atom stereocenters. The number of carboxylic acids is 1. The first-order valence-corrected chi connectivity index (χ1v) is 6.12. The van der Waals surface area contributed by atoms with Crippen molar-refractivity contribution in [1.29, 1.82) is 0 Å². The van der Waals surface area contributed by atoms with E-state index in [9.17, 15) is 9.59 Å². The Morgan fingerprint density at radius 3 is 2.84 bits per heavy atom. The zero-order valence-electron chi connectivity index (χ0n) is 11.0. The van der Waals surface area contributed by atoms with Crippen molar-refractivity contribution in [3.8, 4) is 5.88 Å². The van der Waals surface area contributed by atoms with Gasteiger partial charge < -0.3 is 15.2 Å². The number of carboxylic acid groups (broad SMARTS) is 1. The smallest absolute Gasteiger partial charge is 0.326 e. The Balaban J connectivity index is 2.78. The number of carbonyl (C=O) groups excluding carboxylic acids is 1. The maximum absolute atomic E-state index is 12.0. The second-order valence-electron chi connectivity index (χ2n) is 4.07. The maximum atomic E-state index is 12.0. The quantitative estimate of drug-likeness (QED) is 0.780. The fourth-order valence-corrected chi connectivity index (χ4v) is 1.63. The summed E-state index contributed by atoms with van der Waals surface area (Å²) in [7, 11) is 1.41. The first-order chi connectivity index (χ1) is 9.10. The molecule has 0 aliphatic heterocycles. The highest BCUT2D eigenvalue weighted by molar-refractivity contribution is 5.98. The molecule has 0 aliphatic carbocycles. The lowest BCUT2D eigenvalue weighted by molar-refractivity contribution is -0.139. The van der Waals surface area contributed by atoms with Gasteiger partial charge in [0.05, 0.1) is 7.11 Å². The molecule has 1 rings (SSSR count). The zero-order chi connectivity index (χ0) is 14.3. The highest BCUT2D eigenvalue weighted by Gasteiger charge is 2.22. The van der Waals surface area contributed by atoms with Crippen LogP contribution in [0.4, 0.5) is 0 Å². The molecule has 0 aromatic carbocycles. The first-order valence-electron chi connectivity index (χ1n) is 6.12. The predicted octanol–water partition coefficient (Wildman–Crippen LogP) is 1.46. The van der Waals surface area contributed by atoms with Gasteiger partial charge in [0, 0.05) is 6.20 Å². The summed E-state index contributed by atoms with van der Waals surface area (Å²) in [5, 5.41) is 11.5. The Labute approximate surface area is 111 Å². The van der Waals surface area contributed by atoms with Gasteiger partial charge in [-0.05, 0) is 18.6 Å². The van der Waals surface area contributed by atoms with E-state index in [0.29, 0.717) is 6.42 Å². The molecule has 0 fully saturated rings. The van der Waals surface area contributed by atoms with Crippen LogP contribution in [0.25, 0.3) is 0 Å². The highest BCUT2D eigenvalue weighted by Crippen LogP contribution is 2.14. The molecular formula is C13H18N2O4. The number of nitrogens with one attached hydrogen (secondary N) is 1. The number of aliphatic carboxylic acids is 1. The maximum Gasteiger partial charge on any atom is 0.326 e. The first kappa shape index (κ1) is 14.9. The number of hydrogen-bond acceptors (Lipinski definition) is 4. The van der Waals surface area contributed by atoms with Gasteiger partial charge in [0.2, 0.25) is 5.88 Å². The molecule has 0 spiro atoms. The number of aromatic nitrogens is 1. The minimum Gasteiger partial charge on any atom is -0.480 e. The topological polar surface area (TPSA) is 88.5 Å². The molecular weight excluding hydrogens is 248 g/mol. The Morgan fingerprint density at radius 2 is 2.26 bits per heavy atom. The number of nitrogens with zero attached hydrogens (tertiary/aromatic N) is 1. The van der Waals surface area contributed by atoms with Crippen LogP contribution in [0.15, 0.2) is 18.3 Å². The second-order valence-corrected chi connectivity index (χ2v) is 4.07. The fourth-order valence-electron chi connectivity index (χ4n) is 1.63. The van der Waals surface area contributed by atoms with Crippen LogP contribution in [0.3, 0.4) is 0 Å². The van der Waals surface area contributed by atoms with E-state index in [1.807, 2.05) is 6.92 Å². The van der Waals surface area contributed by atoms with E-state index in [2.05, 4.69) is 10.3 Å². The van der Waals surface area contributed by atoms with Crippen molar-refractivity contribution in [3.63, 3.8) is 0 Å². The monoisotopic (exact) mass is 266 g/mol. The van der Waals surface area contributed by atoms with Crippen LogP contribution in [-0.2, 0) is 4.79 Å². The average molecular weight is 266 g/mol. The molecule has 1 aromatic rings. The number of ether oxygens (including phenoxy) is 1. The Morgan fingerprint density at radius 1 is 1.53 bits per heavy atom. The zero-order valence-corrected chi connectivity index (χ0v) is 11.0. The summed E-state index contributed by atoms with van der Waals surface area (Å²) in [5.41, 5.74) is 0.229. The van der Waals surface area contributed by atoms with Crippen LogP contribution in [0.1, 0.15) is 36.5 Å². The Kier molecular flexibility index (Phi) is 5.78. The van der Waals surface area contributed by atoms with Gasteiger partial charge in [-0.15, -0.1) is 0 Å². The van der Waals surface area contributed by atoms with Crippen LogP contribution in [0, 0.1) is 0 Å².